The number of anilines is 2. The highest BCUT2D eigenvalue weighted by Gasteiger charge is 2.50. The topological polar surface area (TPSA) is 66.6 Å². The number of carbonyl (C=O) groups is 2. The van der Waals surface area contributed by atoms with Crippen molar-refractivity contribution < 1.29 is 9.59 Å². The summed E-state index contributed by atoms with van der Waals surface area (Å²) in [5.74, 6) is -0.209. The van der Waals surface area contributed by atoms with Gasteiger partial charge in [-0.25, -0.2) is 9.69 Å². The maximum Gasteiger partial charge on any atom is 0.332 e. The van der Waals surface area contributed by atoms with E-state index in [0.29, 0.717) is 17.9 Å². The lowest BCUT2D eigenvalue weighted by atomic mass is 10.0. The molecule has 5 nitrogen and oxygen atoms in total. The minimum absolute atomic E-state index is 0.209. The van der Waals surface area contributed by atoms with Crippen molar-refractivity contribution in [2.75, 3.05) is 17.2 Å². The zero-order chi connectivity index (χ0) is 13.5. The zero-order valence-electron chi connectivity index (χ0n) is 10.8. The van der Waals surface area contributed by atoms with Gasteiger partial charge in [-0.1, -0.05) is 0 Å². The van der Waals surface area contributed by atoms with Gasteiger partial charge < -0.3 is 10.6 Å². The molecular weight excluding hydrogens is 230 g/mol. The number of hydrogen-bond acceptors (Lipinski definition) is 3. The van der Waals surface area contributed by atoms with E-state index in [9.17, 15) is 9.59 Å². The Labute approximate surface area is 106 Å². The molecule has 1 aromatic carbocycles. The van der Waals surface area contributed by atoms with Crippen molar-refractivity contribution in [2.24, 2.45) is 0 Å². The van der Waals surface area contributed by atoms with Gasteiger partial charge in [-0.05, 0) is 45.0 Å². The van der Waals surface area contributed by atoms with Gasteiger partial charge in [-0.2, -0.15) is 0 Å². The summed E-state index contributed by atoms with van der Waals surface area (Å²) in [5.41, 5.74) is 5.96. The molecule has 18 heavy (non-hydrogen) atoms. The van der Waals surface area contributed by atoms with Gasteiger partial charge in [-0.15, -0.1) is 0 Å². The van der Waals surface area contributed by atoms with E-state index in [1.165, 1.54) is 4.90 Å². The number of imide groups is 1. The molecule has 0 atom stereocenters. The third-order valence-electron chi connectivity index (χ3n) is 3.29. The molecule has 1 aliphatic heterocycles. The number of benzene rings is 1. The zero-order valence-corrected chi connectivity index (χ0v) is 10.8. The maximum absolute atomic E-state index is 12.3. The summed E-state index contributed by atoms with van der Waals surface area (Å²) < 4.78 is 0. The van der Waals surface area contributed by atoms with Gasteiger partial charge in [0, 0.05) is 12.2 Å². The largest absolute Gasteiger partial charge is 0.399 e. The van der Waals surface area contributed by atoms with Crippen LogP contribution in [0.15, 0.2) is 24.3 Å². The molecule has 1 heterocycles. The number of hydrogen-bond donors (Lipinski definition) is 1. The highest BCUT2D eigenvalue weighted by molar-refractivity contribution is 6.22. The van der Waals surface area contributed by atoms with Crippen molar-refractivity contribution in [1.29, 1.82) is 0 Å². The second-order valence-electron chi connectivity index (χ2n) is 4.82. The standard InChI is InChI=1S/C13H17N3O2/c1-4-15-12(18)16(11(17)13(15,2)3)10-7-5-9(14)6-8-10/h5-8H,4,14H2,1-3H3. The second kappa shape index (κ2) is 4.01. The summed E-state index contributed by atoms with van der Waals surface area (Å²) in [5, 5.41) is 0. The van der Waals surface area contributed by atoms with Crippen LogP contribution in [0.5, 0.6) is 0 Å². The molecule has 1 aliphatic rings. The Morgan fingerprint density at radius 1 is 1.17 bits per heavy atom. The van der Waals surface area contributed by atoms with E-state index >= 15 is 0 Å². The first kappa shape index (κ1) is 12.4. The monoisotopic (exact) mass is 247 g/mol. The molecule has 0 saturated carbocycles. The lowest BCUT2D eigenvalue weighted by Crippen LogP contribution is -2.43. The molecular formula is C13H17N3O2. The highest BCUT2D eigenvalue weighted by atomic mass is 16.2. The predicted molar refractivity (Wildman–Crippen MR) is 70.2 cm³/mol. The molecule has 2 rings (SSSR count). The van der Waals surface area contributed by atoms with Crippen LogP contribution in [0.1, 0.15) is 20.8 Å². The van der Waals surface area contributed by atoms with Gasteiger partial charge in [0.1, 0.15) is 5.54 Å². The van der Waals surface area contributed by atoms with E-state index in [-0.39, 0.29) is 11.9 Å². The van der Waals surface area contributed by atoms with Crippen LogP contribution < -0.4 is 10.6 Å². The molecule has 1 fully saturated rings. The number of urea groups is 1. The van der Waals surface area contributed by atoms with Gasteiger partial charge in [0.2, 0.25) is 0 Å². The third-order valence-corrected chi connectivity index (χ3v) is 3.29. The Hall–Kier alpha value is -2.04. The minimum Gasteiger partial charge on any atom is -0.399 e. The minimum atomic E-state index is -0.798. The van der Waals surface area contributed by atoms with Crippen LogP contribution in [0.3, 0.4) is 0 Å². The number of nitrogens with zero attached hydrogens (tertiary/aromatic N) is 2. The highest BCUT2D eigenvalue weighted by Crippen LogP contribution is 2.31. The summed E-state index contributed by atoms with van der Waals surface area (Å²) in [7, 11) is 0. The van der Waals surface area contributed by atoms with Crippen LogP contribution >= 0.6 is 0 Å². The lowest BCUT2D eigenvalue weighted by Gasteiger charge is -2.25. The van der Waals surface area contributed by atoms with Gasteiger partial charge in [0.25, 0.3) is 5.91 Å². The Kier molecular flexibility index (Phi) is 2.77. The third kappa shape index (κ3) is 1.63. The lowest BCUT2D eigenvalue weighted by molar-refractivity contribution is -0.123. The summed E-state index contributed by atoms with van der Waals surface area (Å²) in [6, 6.07) is 6.44. The fourth-order valence-corrected chi connectivity index (χ4v) is 2.22. The van der Waals surface area contributed by atoms with Gasteiger partial charge in [0.15, 0.2) is 0 Å². The molecule has 0 aliphatic carbocycles. The van der Waals surface area contributed by atoms with Gasteiger partial charge in [0.05, 0.1) is 5.69 Å². The molecule has 2 N–H and O–H groups in total. The fourth-order valence-electron chi connectivity index (χ4n) is 2.22. The van der Waals surface area contributed by atoms with E-state index in [1.807, 2.05) is 6.92 Å². The first-order chi connectivity index (χ1) is 8.39. The number of nitrogens with two attached hydrogens (primary N) is 1. The van der Waals surface area contributed by atoms with Crippen molar-refractivity contribution in [1.82, 2.24) is 4.90 Å². The summed E-state index contributed by atoms with van der Waals surface area (Å²) in [6.07, 6.45) is 0. The Balaban J connectivity index is 2.43. The van der Waals surface area contributed by atoms with Crippen molar-refractivity contribution in [3.63, 3.8) is 0 Å². The molecule has 1 saturated heterocycles. The molecule has 0 aromatic heterocycles. The van der Waals surface area contributed by atoms with E-state index in [1.54, 1.807) is 43.0 Å². The maximum atomic E-state index is 12.3. The van der Waals surface area contributed by atoms with Crippen LogP contribution in [0.25, 0.3) is 0 Å². The molecule has 96 valence electrons. The van der Waals surface area contributed by atoms with Crippen LogP contribution in [-0.4, -0.2) is 28.9 Å². The molecule has 0 radical (unpaired) electrons. The second-order valence-corrected chi connectivity index (χ2v) is 4.82. The summed E-state index contributed by atoms with van der Waals surface area (Å²) >= 11 is 0. The smallest absolute Gasteiger partial charge is 0.332 e. The molecule has 5 heteroatoms. The summed E-state index contributed by atoms with van der Waals surface area (Å²) in [6.45, 7) is 5.88. The first-order valence-electron chi connectivity index (χ1n) is 5.91. The number of nitrogen functional groups attached to an aromatic ring is 1. The molecule has 3 amide bonds. The number of likely N-dealkylation sites (N-methyl/N-ethyl adjacent to an activating group) is 1. The molecule has 1 aromatic rings. The van der Waals surface area contributed by atoms with Crippen molar-refractivity contribution in [3.8, 4) is 0 Å². The number of carbonyl (C=O) groups excluding carboxylic acids is 2. The molecule has 0 spiro atoms. The molecule has 0 unspecified atom stereocenters. The number of rotatable bonds is 2. The van der Waals surface area contributed by atoms with Gasteiger partial charge in [-0.3, -0.25) is 4.79 Å². The van der Waals surface area contributed by atoms with E-state index in [0.717, 1.165) is 0 Å². The first-order valence-corrected chi connectivity index (χ1v) is 5.91. The van der Waals surface area contributed by atoms with E-state index in [2.05, 4.69) is 0 Å². The van der Waals surface area contributed by atoms with Crippen molar-refractivity contribution in [2.45, 2.75) is 26.3 Å². The van der Waals surface area contributed by atoms with Crippen molar-refractivity contribution in [3.05, 3.63) is 24.3 Å². The van der Waals surface area contributed by atoms with Crippen LogP contribution in [-0.2, 0) is 4.79 Å². The van der Waals surface area contributed by atoms with Crippen LogP contribution in [0.2, 0.25) is 0 Å². The Morgan fingerprint density at radius 3 is 2.17 bits per heavy atom. The van der Waals surface area contributed by atoms with E-state index in [4.69, 9.17) is 5.73 Å². The van der Waals surface area contributed by atoms with Crippen molar-refractivity contribution >= 4 is 23.3 Å². The Morgan fingerprint density at radius 2 is 1.72 bits per heavy atom. The normalized spacial score (nSPS) is 18.6. The Bertz CT molecular complexity index is 493. The average Bonchev–Trinajstić information content (AvgIpc) is 2.48. The van der Waals surface area contributed by atoms with Gasteiger partial charge >= 0.3 is 6.03 Å². The fraction of sp³-hybridized carbons (Fsp3) is 0.385. The SMILES string of the molecule is CCN1C(=O)N(c2ccc(N)cc2)C(=O)C1(C)C. The quantitative estimate of drug-likeness (QED) is 0.640. The molecule has 0 bridgehead atoms. The average molecular weight is 247 g/mol. The van der Waals surface area contributed by atoms with Crippen LogP contribution in [0.4, 0.5) is 16.2 Å². The van der Waals surface area contributed by atoms with E-state index < -0.39 is 5.54 Å². The summed E-state index contributed by atoms with van der Waals surface area (Å²) in [4.78, 5) is 27.3. The number of amides is 3. The predicted octanol–water partition coefficient (Wildman–Crippen LogP) is 1.84. The van der Waals surface area contributed by atoms with Crippen LogP contribution in [0, 0.1) is 0 Å².